The molecule has 0 saturated carbocycles. The summed E-state index contributed by atoms with van der Waals surface area (Å²) in [5, 5.41) is 9.09. The largest absolute Gasteiger partial charge is 0.506 e. The van der Waals surface area contributed by atoms with Gasteiger partial charge < -0.3 is 5.11 Å². The Morgan fingerprint density at radius 1 is 1.46 bits per heavy atom. The van der Waals surface area contributed by atoms with Gasteiger partial charge in [0.1, 0.15) is 11.4 Å². The lowest BCUT2D eigenvalue weighted by atomic mass is 10.3. The summed E-state index contributed by atoms with van der Waals surface area (Å²) >= 11 is 0. The third-order valence-electron chi connectivity index (χ3n) is 1.28. The summed E-state index contributed by atoms with van der Waals surface area (Å²) in [5.41, 5.74) is -0.426. The highest BCUT2D eigenvalue weighted by atomic mass is 32.2. The summed E-state index contributed by atoms with van der Waals surface area (Å²) in [6.45, 7) is 0. The van der Waals surface area contributed by atoms with E-state index >= 15 is 0 Å². The fraction of sp³-hybridized carbons (Fsp3) is 0.143. The number of para-hydroxylation sites is 1. The van der Waals surface area contributed by atoms with E-state index < -0.39 is 27.3 Å². The van der Waals surface area contributed by atoms with Gasteiger partial charge in [0.05, 0.1) is 6.26 Å². The molecule has 1 rings (SSSR count). The number of sulfonamides is 1. The van der Waals surface area contributed by atoms with Gasteiger partial charge in [-0.15, -0.1) is 0 Å². The number of benzene rings is 1. The van der Waals surface area contributed by atoms with Crippen LogP contribution in [0, 0.1) is 5.82 Å². The van der Waals surface area contributed by atoms with E-state index in [4.69, 9.17) is 5.11 Å². The predicted molar refractivity (Wildman–Crippen MR) is 46.5 cm³/mol. The Balaban J connectivity index is 3.15. The highest BCUT2D eigenvalue weighted by Gasteiger charge is 2.11. The zero-order valence-corrected chi connectivity index (χ0v) is 7.60. The Morgan fingerprint density at radius 3 is 2.54 bits per heavy atom. The molecule has 6 heteroatoms. The van der Waals surface area contributed by atoms with Crippen LogP contribution in [-0.2, 0) is 10.0 Å². The Bertz CT molecular complexity index is 395. The van der Waals surface area contributed by atoms with Gasteiger partial charge in [0, 0.05) is 0 Å². The molecule has 72 valence electrons. The Morgan fingerprint density at radius 2 is 2.08 bits per heavy atom. The third-order valence-corrected chi connectivity index (χ3v) is 1.85. The minimum absolute atomic E-state index is 0.426. The maximum absolute atomic E-state index is 12.9. The van der Waals surface area contributed by atoms with Gasteiger partial charge in [-0.2, -0.15) is 0 Å². The average molecular weight is 205 g/mol. The van der Waals surface area contributed by atoms with Crippen molar-refractivity contribution < 1.29 is 17.9 Å². The molecule has 0 unspecified atom stereocenters. The molecule has 4 nitrogen and oxygen atoms in total. The first-order valence-electron chi connectivity index (χ1n) is 3.35. The second kappa shape index (κ2) is 3.21. The van der Waals surface area contributed by atoms with Crippen LogP contribution in [0.25, 0.3) is 0 Å². The normalized spacial score (nSPS) is 11.2. The molecule has 0 aromatic heterocycles. The minimum Gasteiger partial charge on any atom is -0.506 e. The molecule has 1 aromatic rings. The van der Waals surface area contributed by atoms with Crippen LogP contribution in [0.1, 0.15) is 0 Å². The highest BCUT2D eigenvalue weighted by Crippen LogP contribution is 2.26. The van der Waals surface area contributed by atoms with Crippen molar-refractivity contribution in [2.45, 2.75) is 0 Å². The molecule has 0 aliphatic rings. The number of nitrogens with one attached hydrogen (secondary N) is 1. The van der Waals surface area contributed by atoms with E-state index in [0.717, 1.165) is 12.3 Å². The zero-order chi connectivity index (χ0) is 10.1. The van der Waals surface area contributed by atoms with Crippen molar-refractivity contribution in [3.8, 4) is 5.75 Å². The molecule has 0 aliphatic heterocycles. The molecule has 0 aliphatic carbocycles. The van der Waals surface area contributed by atoms with Gasteiger partial charge in [-0.25, -0.2) is 12.8 Å². The first-order valence-corrected chi connectivity index (χ1v) is 5.24. The van der Waals surface area contributed by atoms with Crippen LogP contribution in [0.5, 0.6) is 5.75 Å². The second-order valence-electron chi connectivity index (χ2n) is 2.51. The van der Waals surface area contributed by atoms with E-state index in [1.54, 1.807) is 0 Å². The molecule has 0 radical (unpaired) electrons. The molecule has 0 fully saturated rings. The topological polar surface area (TPSA) is 66.4 Å². The van der Waals surface area contributed by atoms with Gasteiger partial charge in [-0.05, 0) is 12.1 Å². The Labute approximate surface area is 75.1 Å². The van der Waals surface area contributed by atoms with Gasteiger partial charge in [0.2, 0.25) is 10.0 Å². The van der Waals surface area contributed by atoms with Crippen molar-refractivity contribution in [1.29, 1.82) is 0 Å². The Kier molecular flexibility index (Phi) is 2.42. The third kappa shape index (κ3) is 2.59. The summed E-state index contributed by atoms with van der Waals surface area (Å²) in [7, 11) is -3.57. The van der Waals surface area contributed by atoms with E-state index in [1.165, 1.54) is 12.1 Å². The van der Waals surface area contributed by atoms with E-state index in [2.05, 4.69) is 0 Å². The zero-order valence-electron chi connectivity index (χ0n) is 6.78. The number of phenols is 1. The fourth-order valence-electron chi connectivity index (χ4n) is 0.799. The van der Waals surface area contributed by atoms with Crippen LogP contribution in [0.2, 0.25) is 0 Å². The van der Waals surface area contributed by atoms with Gasteiger partial charge >= 0.3 is 0 Å². The summed E-state index contributed by atoms with van der Waals surface area (Å²) in [4.78, 5) is 0. The average Bonchev–Trinajstić information content (AvgIpc) is 1.95. The lowest BCUT2D eigenvalue weighted by Crippen LogP contribution is -2.10. The van der Waals surface area contributed by atoms with Crippen molar-refractivity contribution in [3.05, 3.63) is 24.0 Å². The smallest absolute Gasteiger partial charge is 0.230 e. The second-order valence-corrected chi connectivity index (χ2v) is 4.26. The van der Waals surface area contributed by atoms with Crippen LogP contribution in [0.3, 0.4) is 0 Å². The molecule has 0 heterocycles. The van der Waals surface area contributed by atoms with Gasteiger partial charge in [0.15, 0.2) is 5.82 Å². The van der Waals surface area contributed by atoms with E-state index in [9.17, 15) is 12.8 Å². The lowest BCUT2D eigenvalue weighted by molar-refractivity contribution is 0.472. The van der Waals surface area contributed by atoms with Crippen molar-refractivity contribution >= 4 is 15.7 Å². The summed E-state index contributed by atoms with van der Waals surface area (Å²) in [6, 6.07) is 3.52. The molecule has 2 N–H and O–H groups in total. The van der Waals surface area contributed by atoms with Gasteiger partial charge in [-0.1, -0.05) is 6.07 Å². The minimum atomic E-state index is -3.57. The van der Waals surface area contributed by atoms with E-state index in [0.29, 0.717) is 0 Å². The summed E-state index contributed by atoms with van der Waals surface area (Å²) < 4.78 is 36.2. The summed E-state index contributed by atoms with van der Waals surface area (Å²) in [6.07, 6.45) is 0.874. The highest BCUT2D eigenvalue weighted by molar-refractivity contribution is 7.92. The van der Waals surface area contributed by atoms with E-state index in [-0.39, 0.29) is 0 Å². The molecule has 0 spiro atoms. The van der Waals surface area contributed by atoms with Crippen LogP contribution in [0.4, 0.5) is 10.1 Å². The number of hydrogen-bond donors (Lipinski definition) is 2. The quantitative estimate of drug-likeness (QED) is 0.705. The molecular weight excluding hydrogens is 197 g/mol. The maximum Gasteiger partial charge on any atom is 0.230 e. The number of phenolic OH excluding ortho intramolecular Hbond substituents is 1. The van der Waals surface area contributed by atoms with Crippen LogP contribution in [0.15, 0.2) is 18.2 Å². The molecule has 0 bridgehead atoms. The molecule has 0 saturated heterocycles. The number of aromatic hydroxyl groups is 1. The molecular formula is C7H8FNO3S. The SMILES string of the molecule is CS(=O)(=O)Nc1c(O)cccc1F. The standard InChI is InChI=1S/C7H8FNO3S/c1-13(11,12)9-7-5(8)3-2-4-6(7)10/h2-4,9-10H,1H3. The van der Waals surface area contributed by atoms with Crippen molar-refractivity contribution in [3.63, 3.8) is 0 Å². The molecule has 1 aromatic carbocycles. The Hall–Kier alpha value is -1.30. The van der Waals surface area contributed by atoms with Crippen molar-refractivity contribution in [2.24, 2.45) is 0 Å². The van der Waals surface area contributed by atoms with E-state index in [1.807, 2.05) is 4.72 Å². The maximum atomic E-state index is 12.9. The fourth-order valence-corrected chi connectivity index (χ4v) is 1.37. The molecule has 13 heavy (non-hydrogen) atoms. The molecule has 0 amide bonds. The van der Waals surface area contributed by atoms with Crippen molar-refractivity contribution in [2.75, 3.05) is 11.0 Å². The van der Waals surface area contributed by atoms with Gasteiger partial charge in [-0.3, -0.25) is 4.72 Å². The number of halogens is 1. The van der Waals surface area contributed by atoms with Crippen LogP contribution < -0.4 is 4.72 Å². The van der Waals surface area contributed by atoms with Gasteiger partial charge in [0.25, 0.3) is 0 Å². The monoisotopic (exact) mass is 205 g/mol. The predicted octanol–water partition coefficient (Wildman–Crippen LogP) is 0.903. The lowest BCUT2D eigenvalue weighted by Gasteiger charge is -2.06. The van der Waals surface area contributed by atoms with Crippen molar-refractivity contribution in [1.82, 2.24) is 0 Å². The van der Waals surface area contributed by atoms with Crippen LogP contribution in [-0.4, -0.2) is 19.8 Å². The number of anilines is 1. The summed E-state index contributed by atoms with van der Waals surface area (Å²) in [5.74, 6) is -1.25. The number of hydrogen-bond acceptors (Lipinski definition) is 3. The van der Waals surface area contributed by atoms with Crippen LogP contribution >= 0.6 is 0 Å². The first-order chi connectivity index (χ1) is 5.90. The first kappa shape index (κ1) is 9.79. The molecule has 0 atom stereocenters. The number of rotatable bonds is 2.